The molecule has 0 unspecified atom stereocenters. The highest BCUT2D eigenvalue weighted by Gasteiger charge is 2.43. The third-order valence-corrected chi connectivity index (χ3v) is 5.79. The molecule has 0 bridgehead atoms. The summed E-state index contributed by atoms with van der Waals surface area (Å²) in [6.07, 6.45) is 9.04. The van der Waals surface area contributed by atoms with Crippen LogP contribution in [0, 0.1) is 17.8 Å². The lowest BCUT2D eigenvalue weighted by atomic mass is 9.90. The van der Waals surface area contributed by atoms with E-state index < -0.39 is 0 Å². The summed E-state index contributed by atoms with van der Waals surface area (Å²) in [6, 6.07) is 0. The first-order valence-electron chi connectivity index (χ1n) is 8.84. The molecule has 1 N–H and O–H groups in total. The number of nitrogens with one attached hydrogen (secondary N) is 1. The molecule has 0 amide bonds. The first-order valence-corrected chi connectivity index (χ1v) is 9.22. The van der Waals surface area contributed by atoms with E-state index in [0.29, 0.717) is 11.1 Å². The van der Waals surface area contributed by atoms with Gasteiger partial charge in [-0.25, -0.2) is 9.97 Å². The zero-order chi connectivity index (χ0) is 15.6. The molecule has 0 aromatic carbocycles. The van der Waals surface area contributed by atoms with Gasteiger partial charge >= 0.3 is 0 Å². The lowest BCUT2D eigenvalue weighted by Gasteiger charge is -2.32. The summed E-state index contributed by atoms with van der Waals surface area (Å²) >= 11 is 5.86. The van der Waals surface area contributed by atoms with E-state index in [0.717, 1.165) is 56.5 Å². The van der Waals surface area contributed by atoms with E-state index in [-0.39, 0.29) is 0 Å². The number of rotatable bonds is 6. The summed E-state index contributed by atoms with van der Waals surface area (Å²) in [6.45, 7) is 5.17. The molecule has 6 heteroatoms. The van der Waals surface area contributed by atoms with Crippen molar-refractivity contribution in [2.75, 3.05) is 37.7 Å². The molecule has 23 heavy (non-hydrogen) atoms. The van der Waals surface area contributed by atoms with Gasteiger partial charge in [0.15, 0.2) is 0 Å². The van der Waals surface area contributed by atoms with Gasteiger partial charge in [-0.2, -0.15) is 0 Å². The molecule has 3 fully saturated rings. The van der Waals surface area contributed by atoms with Gasteiger partial charge in [-0.3, -0.25) is 0 Å². The van der Waals surface area contributed by atoms with Crippen molar-refractivity contribution >= 4 is 17.5 Å². The van der Waals surface area contributed by atoms with Crippen LogP contribution in [0.5, 0.6) is 0 Å². The number of nitrogens with zero attached hydrogens (tertiary/aromatic N) is 3. The number of piperidine rings is 1. The number of aromatic nitrogens is 2. The SMILES string of the molecule is Clc1cnc(N2CCC([C@H]3C[C@H]3CCOC3CNC3)CC2)nc1. The van der Waals surface area contributed by atoms with Crippen LogP contribution < -0.4 is 10.2 Å². The average molecular weight is 337 g/mol. The van der Waals surface area contributed by atoms with Gasteiger partial charge in [0.05, 0.1) is 23.5 Å². The van der Waals surface area contributed by atoms with E-state index in [1.165, 1.54) is 25.7 Å². The summed E-state index contributed by atoms with van der Waals surface area (Å²) in [7, 11) is 0. The highest BCUT2D eigenvalue weighted by atomic mass is 35.5. The van der Waals surface area contributed by atoms with Crippen LogP contribution in [0.15, 0.2) is 12.4 Å². The zero-order valence-corrected chi connectivity index (χ0v) is 14.2. The summed E-state index contributed by atoms with van der Waals surface area (Å²) in [5.41, 5.74) is 0. The number of hydrogen-bond donors (Lipinski definition) is 1. The van der Waals surface area contributed by atoms with Crippen molar-refractivity contribution in [3.63, 3.8) is 0 Å². The summed E-state index contributed by atoms with van der Waals surface area (Å²) in [4.78, 5) is 11.0. The van der Waals surface area contributed by atoms with Gasteiger partial charge in [0, 0.05) is 32.8 Å². The van der Waals surface area contributed by atoms with Crippen LogP contribution in [-0.2, 0) is 4.74 Å². The molecule has 4 rings (SSSR count). The zero-order valence-electron chi connectivity index (χ0n) is 13.5. The minimum atomic E-state index is 0.481. The fourth-order valence-electron chi connectivity index (χ4n) is 3.94. The highest BCUT2D eigenvalue weighted by Crippen LogP contribution is 2.49. The number of halogens is 1. The molecular formula is C17H25ClN4O. The molecule has 5 nitrogen and oxygen atoms in total. The molecule has 1 saturated carbocycles. The molecule has 1 aromatic rings. The molecule has 0 radical (unpaired) electrons. The van der Waals surface area contributed by atoms with Gasteiger partial charge in [-0.05, 0) is 43.4 Å². The van der Waals surface area contributed by atoms with E-state index >= 15 is 0 Å². The summed E-state index contributed by atoms with van der Waals surface area (Å²) < 4.78 is 5.85. The minimum Gasteiger partial charge on any atom is -0.376 e. The third-order valence-electron chi connectivity index (χ3n) is 5.60. The Morgan fingerprint density at radius 2 is 1.96 bits per heavy atom. The van der Waals surface area contributed by atoms with Crippen LogP contribution >= 0.6 is 11.6 Å². The maximum Gasteiger partial charge on any atom is 0.225 e. The van der Waals surface area contributed by atoms with E-state index in [9.17, 15) is 0 Å². The van der Waals surface area contributed by atoms with Crippen LogP contribution in [0.4, 0.5) is 5.95 Å². The second kappa shape index (κ2) is 6.91. The maximum absolute atomic E-state index is 5.86. The first kappa shape index (κ1) is 15.6. The molecule has 1 aromatic heterocycles. The number of ether oxygens (including phenoxy) is 1. The maximum atomic E-state index is 5.86. The molecule has 3 heterocycles. The average Bonchev–Trinajstić information content (AvgIpc) is 3.30. The Morgan fingerprint density at radius 3 is 2.61 bits per heavy atom. The van der Waals surface area contributed by atoms with Crippen molar-refractivity contribution in [3.05, 3.63) is 17.4 Å². The normalized spacial score (nSPS) is 28.7. The number of anilines is 1. The predicted molar refractivity (Wildman–Crippen MR) is 90.8 cm³/mol. The minimum absolute atomic E-state index is 0.481. The fourth-order valence-corrected chi connectivity index (χ4v) is 4.04. The molecule has 2 aliphatic heterocycles. The Hall–Kier alpha value is -0.910. The van der Waals surface area contributed by atoms with Crippen molar-refractivity contribution in [1.82, 2.24) is 15.3 Å². The second-order valence-electron chi connectivity index (χ2n) is 7.13. The van der Waals surface area contributed by atoms with Crippen molar-refractivity contribution in [2.45, 2.75) is 31.8 Å². The van der Waals surface area contributed by atoms with E-state index in [2.05, 4.69) is 20.2 Å². The lowest BCUT2D eigenvalue weighted by molar-refractivity contribution is 0.0151. The van der Waals surface area contributed by atoms with Crippen LogP contribution in [0.1, 0.15) is 25.7 Å². The van der Waals surface area contributed by atoms with Gasteiger partial charge in [0.2, 0.25) is 5.95 Å². The van der Waals surface area contributed by atoms with Crippen LogP contribution in [-0.4, -0.2) is 48.9 Å². The van der Waals surface area contributed by atoms with Gasteiger partial charge < -0.3 is 15.0 Å². The standard InChI is InChI=1S/C17H25ClN4O/c18-14-8-20-17(21-9-14)22-4-1-12(2-5-22)16-7-13(16)3-6-23-15-10-19-11-15/h8-9,12-13,15-16,19H,1-7,10-11H2/t13-,16-/m1/s1. The quantitative estimate of drug-likeness (QED) is 0.864. The van der Waals surface area contributed by atoms with Crippen molar-refractivity contribution in [3.8, 4) is 0 Å². The van der Waals surface area contributed by atoms with Crippen LogP contribution in [0.2, 0.25) is 5.02 Å². The van der Waals surface area contributed by atoms with Gasteiger partial charge in [0.1, 0.15) is 0 Å². The Balaban J connectivity index is 1.18. The monoisotopic (exact) mass is 336 g/mol. The second-order valence-corrected chi connectivity index (χ2v) is 7.56. The topological polar surface area (TPSA) is 50.3 Å². The van der Waals surface area contributed by atoms with Crippen molar-refractivity contribution in [1.29, 1.82) is 0 Å². The largest absolute Gasteiger partial charge is 0.376 e. The molecular weight excluding hydrogens is 312 g/mol. The third kappa shape index (κ3) is 3.78. The number of hydrogen-bond acceptors (Lipinski definition) is 5. The van der Waals surface area contributed by atoms with Gasteiger partial charge in [0.25, 0.3) is 0 Å². The smallest absolute Gasteiger partial charge is 0.225 e. The first-order chi connectivity index (χ1) is 11.3. The van der Waals surface area contributed by atoms with Gasteiger partial charge in [-0.15, -0.1) is 0 Å². The van der Waals surface area contributed by atoms with Crippen LogP contribution in [0.3, 0.4) is 0 Å². The molecule has 2 atom stereocenters. The van der Waals surface area contributed by atoms with E-state index in [4.69, 9.17) is 16.3 Å². The van der Waals surface area contributed by atoms with Crippen LogP contribution in [0.25, 0.3) is 0 Å². The fraction of sp³-hybridized carbons (Fsp3) is 0.765. The van der Waals surface area contributed by atoms with E-state index in [1.54, 1.807) is 12.4 Å². The Bertz CT molecular complexity index is 514. The summed E-state index contributed by atoms with van der Waals surface area (Å²) in [5, 5.41) is 3.85. The Morgan fingerprint density at radius 1 is 1.22 bits per heavy atom. The molecule has 126 valence electrons. The highest BCUT2D eigenvalue weighted by molar-refractivity contribution is 6.30. The molecule has 3 aliphatic rings. The van der Waals surface area contributed by atoms with Crippen molar-refractivity contribution < 1.29 is 4.74 Å². The Labute approximate surface area is 142 Å². The molecule has 2 saturated heterocycles. The predicted octanol–water partition coefficient (Wildman–Crippen LogP) is 2.36. The van der Waals surface area contributed by atoms with Crippen molar-refractivity contribution in [2.24, 2.45) is 17.8 Å². The summed E-state index contributed by atoms with van der Waals surface area (Å²) in [5.74, 6) is 3.55. The Kier molecular flexibility index (Phi) is 4.69. The lowest BCUT2D eigenvalue weighted by Crippen LogP contribution is -2.48. The van der Waals surface area contributed by atoms with E-state index in [1.807, 2.05) is 0 Å². The molecule has 1 aliphatic carbocycles. The molecule has 0 spiro atoms. The van der Waals surface area contributed by atoms with Gasteiger partial charge in [-0.1, -0.05) is 11.6 Å².